The molecule has 1 aromatic heterocycles. The minimum Gasteiger partial charge on any atom is -0.294 e. The molecule has 0 radical (unpaired) electrons. The molecule has 4 nitrogen and oxygen atoms in total. The number of rotatable bonds is 2. The van der Waals surface area contributed by atoms with Crippen molar-refractivity contribution in [3.63, 3.8) is 0 Å². The maximum atomic E-state index is 11.5. The van der Waals surface area contributed by atoms with E-state index in [0.717, 1.165) is 0 Å². The summed E-state index contributed by atoms with van der Waals surface area (Å²) in [7, 11) is 0. The van der Waals surface area contributed by atoms with Crippen molar-refractivity contribution < 1.29 is 4.79 Å². The Morgan fingerprint density at radius 1 is 1.53 bits per heavy atom. The minimum atomic E-state index is -0.107. The molecule has 0 fully saturated rings. The Morgan fingerprint density at radius 2 is 2.20 bits per heavy atom. The first-order chi connectivity index (χ1) is 6.87. The van der Waals surface area contributed by atoms with E-state index in [-0.39, 0.29) is 17.3 Å². The van der Waals surface area contributed by atoms with Crippen molar-refractivity contribution in [2.24, 2.45) is 5.41 Å². The molecule has 1 rings (SSSR count). The Labute approximate surface area is 94.1 Å². The quantitative estimate of drug-likeness (QED) is 0.790. The van der Waals surface area contributed by atoms with E-state index >= 15 is 0 Å². The van der Waals surface area contributed by atoms with Crippen molar-refractivity contribution in [2.45, 2.75) is 27.2 Å². The van der Waals surface area contributed by atoms with Crippen LogP contribution in [0.15, 0.2) is 12.3 Å². The molecule has 0 bridgehead atoms. The van der Waals surface area contributed by atoms with Crippen molar-refractivity contribution in [2.75, 3.05) is 5.32 Å². The molecule has 0 aliphatic heterocycles. The summed E-state index contributed by atoms with van der Waals surface area (Å²) in [6, 6.07) is 1.56. The normalized spacial score (nSPS) is 11.2. The van der Waals surface area contributed by atoms with Crippen LogP contribution >= 0.6 is 11.6 Å². The van der Waals surface area contributed by atoms with Crippen LogP contribution in [0, 0.1) is 5.41 Å². The van der Waals surface area contributed by atoms with Gasteiger partial charge in [-0.3, -0.25) is 10.1 Å². The van der Waals surface area contributed by atoms with Crippen LogP contribution in [-0.4, -0.2) is 15.9 Å². The van der Waals surface area contributed by atoms with Crippen LogP contribution in [0.25, 0.3) is 0 Å². The summed E-state index contributed by atoms with van der Waals surface area (Å²) in [5, 5.41) is 2.91. The third kappa shape index (κ3) is 4.74. The molecule has 5 heteroatoms. The van der Waals surface area contributed by atoms with Crippen LogP contribution in [0.4, 0.5) is 5.95 Å². The van der Waals surface area contributed by atoms with Crippen molar-refractivity contribution in [1.82, 2.24) is 9.97 Å². The minimum absolute atomic E-state index is 0.0529. The fourth-order valence-corrected chi connectivity index (χ4v) is 1.18. The van der Waals surface area contributed by atoms with Crippen LogP contribution in [0.2, 0.25) is 5.15 Å². The van der Waals surface area contributed by atoms with Gasteiger partial charge in [-0.25, -0.2) is 9.97 Å². The van der Waals surface area contributed by atoms with E-state index in [1.54, 1.807) is 6.07 Å². The highest BCUT2D eigenvalue weighted by Gasteiger charge is 2.16. The number of nitrogens with zero attached hydrogens (tertiary/aromatic N) is 2. The summed E-state index contributed by atoms with van der Waals surface area (Å²) >= 11 is 5.66. The zero-order chi connectivity index (χ0) is 11.5. The Balaban J connectivity index is 2.59. The number of halogens is 1. The summed E-state index contributed by atoms with van der Waals surface area (Å²) in [6.45, 7) is 5.97. The fourth-order valence-electron chi connectivity index (χ4n) is 1.05. The van der Waals surface area contributed by atoms with E-state index in [9.17, 15) is 4.79 Å². The molecule has 0 spiro atoms. The van der Waals surface area contributed by atoms with E-state index in [1.165, 1.54) is 6.20 Å². The molecule has 1 N–H and O–H groups in total. The molecule has 0 aromatic carbocycles. The first-order valence-electron chi connectivity index (χ1n) is 4.65. The van der Waals surface area contributed by atoms with Crippen molar-refractivity contribution >= 4 is 23.5 Å². The Hall–Kier alpha value is -1.16. The lowest BCUT2D eigenvalue weighted by Crippen LogP contribution is -2.20. The summed E-state index contributed by atoms with van der Waals surface area (Å²) in [5.74, 6) is 0.140. The number of nitrogens with one attached hydrogen (secondary N) is 1. The van der Waals surface area contributed by atoms with Crippen LogP contribution in [0.3, 0.4) is 0 Å². The lowest BCUT2D eigenvalue weighted by Gasteiger charge is -2.16. The first-order valence-corrected chi connectivity index (χ1v) is 5.03. The lowest BCUT2D eigenvalue weighted by atomic mass is 9.92. The first kappa shape index (κ1) is 11.9. The smallest absolute Gasteiger partial charge is 0.230 e. The lowest BCUT2D eigenvalue weighted by molar-refractivity contribution is -0.117. The maximum Gasteiger partial charge on any atom is 0.230 e. The molecule has 0 saturated carbocycles. The summed E-state index contributed by atoms with van der Waals surface area (Å²) in [5.41, 5.74) is -0.0529. The number of carbonyl (C=O) groups is 1. The highest BCUT2D eigenvalue weighted by atomic mass is 35.5. The molecule has 82 valence electrons. The largest absolute Gasteiger partial charge is 0.294 e. The van der Waals surface area contributed by atoms with Gasteiger partial charge in [-0.15, -0.1) is 0 Å². The summed E-state index contributed by atoms with van der Waals surface area (Å²) < 4.78 is 0. The molecule has 1 amide bonds. The van der Waals surface area contributed by atoms with Crippen LogP contribution in [0.1, 0.15) is 27.2 Å². The Bertz CT molecular complexity index is 360. The van der Waals surface area contributed by atoms with Gasteiger partial charge in [0.25, 0.3) is 0 Å². The molecular formula is C10H14ClN3O. The topological polar surface area (TPSA) is 54.9 Å². The molecule has 0 atom stereocenters. The second-order valence-corrected chi connectivity index (χ2v) is 4.88. The average molecular weight is 228 g/mol. The van der Waals surface area contributed by atoms with E-state index in [0.29, 0.717) is 11.6 Å². The van der Waals surface area contributed by atoms with E-state index in [2.05, 4.69) is 15.3 Å². The number of hydrogen-bond donors (Lipinski definition) is 1. The van der Waals surface area contributed by atoms with Crippen molar-refractivity contribution in [3.8, 4) is 0 Å². The molecule has 1 heterocycles. The van der Waals surface area contributed by atoms with Gasteiger partial charge >= 0.3 is 0 Å². The van der Waals surface area contributed by atoms with Gasteiger partial charge in [-0.1, -0.05) is 32.4 Å². The second-order valence-electron chi connectivity index (χ2n) is 4.49. The average Bonchev–Trinajstić information content (AvgIpc) is 1.99. The van der Waals surface area contributed by atoms with Crippen LogP contribution < -0.4 is 5.32 Å². The highest BCUT2D eigenvalue weighted by Crippen LogP contribution is 2.18. The molecule has 0 saturated heterocycles. The van der Waals surface area contributed by atoms with Gasteiger partial charge in [0, 0.05) is 12.6 Å². The van der Waals surface area contributed by atoms with Gasteiger partial charge in [0.1, 0.15) is 5.15 Å². The molecule has 1 aromatic rings. The highest BCUT2D eigenvalue weighted by molar-refractivity contribution is 6.29. The molecule has 15 heavy (non-hydrogen) atoms. The van der Waals surface area contributed by atoms with Gasteiger partial charge in [0.2, 0.25) is 11.9 Å². The maximum absolute atomic E-state index is 11.5. The summed E-state index contributed by atoms with van der Waals surface area (Å²) in [4.78, 5) is 19.3. The zero-order valence-electron chi connectivity index (χ0n) is 9.04. The second kappa shape index (κ2) is 4.57. The van der Waals surface area contributed by atoms with Gasteiger partial charge < -0.3 is 0 Å². The number of carbonyl (C=O) groups excluding carboxylic acids is 1. The number of aromatic nitrogens is 2. The SMILES string of the molecule is CC(C)(C)CC(=O)Nc1nccc(Cl)n1. The van der Waals surface area contributed by atoms with E-state index in [1.807, 2.05) is 20.8 Å². The van der Waals surface area contributed by atoms with Crippen LogP contribution in [-0.2, 0) is 4.79 Å². The predicted molar refractivity (Wildman–Crippen MR) is 59.7 cm³/mol. The fraction of sp³-hybridized carbons (Fsp3) is 0.500. The van der Waals surface area contributed by atoms with Gasteiger partial charge in [0.05, 0.1) is 0 Å². The van der Waals surface area contributed by atoms with Gasteiger partial charge in [0.15, 0.2) is 0 Å². The van der Waals surface area contributed by atoms with Gasteiger partial charge in [-0.2, -0.15) is 0 Å². The van der Waals surface area contributed by atoms with Crippen molar-refractivity contribution in [3.05, 3.63) is 17.4 Å². The monoisotopic (exact) mass is 227 g/mol. The third-order valence-corrected chi connectivity index (χ3v) is 1.77. The Morgan fingerprint density at radius 3 is 2.73 bits per heavy atom. The van der Waals surface area contributed by atoms with E-state index in [4.69, 9.17) is 11.6 Å². The molecule has 0 aliphatic carbocycles. The Kier molecular flexibility index (Phi) is 3.63. The zero-order valence-corrected chi connectivity index (χ0v) is 9.80. The number of amides is 1. The summed E-state index contributed by atoms with van der Waals surface area (Å²) in [6.07, 6.45) is 1.92. The predicted octanol–water partition coefficient (Wildman–Crippen LogP) is 2.50. The standard InChI is InChI=1S/C10H14ClN3O/c1-10(2,3)6-8(15)14-9-12-5-4-7(11)13-9/h4-5H,6H2,1-3H3,(H,12,13,14,15). The molecular weight excluding hydrogens is 214 g/mol. The third-order valence-electron chi connectivity index (χ3n) is 1.56. The molecule has 0 unspecified atom stereocenters. The van der Waals surface area contributed by atoms with Crippen molar-refractivity contribution in [1.29, 1.82) is 0 Å². The van der Waals surface area contributed by atoms with E-state index < -0.39 is 0 Å². The molecule has 0 aliphatic rings. The van der Waals surface area contributed by atoms with Gasteiger partial charge in [-0.05, 0) is 11.5 Å². The number of hydrogen-bond acceptors (Lipinski definition) is 3. The van der Waals surface area contributed by atoms with Crippen LogP contribution in [0.5, 0.6) is 0 Å². The number of anilines is 1.